The monoisotopic (exact) mass is 339 g/mol. The molecule has 24 heavy (non-hydrogen) atoms. The summed E-state index contributed by atoms with van der Waals surface area (Å²) in [5.41, 5.74) is -0.610. The molecule has 0 atom stereocenters. The largest absolute Gasteiger partial charge is 0.416 e. The van der Waals surface area contributed by atoms with Gasteiger partial charge < -0.3 is 4.52 Å². The lowest BCUT2D eigenvalue weighted by molar-refractivity contribution is -0.385. The third kappa shape index (κ3) is 3.24. The van der Waals surface area contributed by atoms with E-state index in [2.05, 4.69) is 15.2 Å². The van der Waals surface area contributed by atoms with Crippen molar-refractivity contribution >= 4 is 5.69 Å². The van der Waals surface area contributed by atoms with Crippen LogP contribution in [-0.2, 0) is 12.7 Å². The predicted molar refractivity (Wildman–Crippen MR) is 72.7 cm³/mol. The van der Waals surface area contributed by atoms with Crippen LogP contribution < -0.4 is 0 Å². The molecule has 2 aromatic heterocycles. The minimum atomic E-state index is -4.42. The number of benzene rings is 1. The van der Waals surface area contributed by atoms with Gasteiger partial charge in [0.2, 0.25) is 11.7 Å². The molecular weight excluding hydrogens is 331 g/mol. The number of halogens is 3. The van der Waals surface area contributed by atoms with E-state index < -0.39 is 16.7 Å². The topological polar surface area (TPSA) is 99.9 Å². The van der Waals surface area contributed by atoms with Crippen LogP contribution in [0.2, 0.25) is 0 Å². The molecule has 0 N–H and O–H groups in total. The van der Waals surface area contributed by atoms with Crippen LogP contribution in [-0.4, -0.2) is 24.8 Å². The van der Waals surface area contributed by atoms with Crippen LogP contribution in [0.1, 0.15) is 11.5 Å². The molecule has 0 spiro atoms. The van der Waals surface area contributed by atoms with Crippen LogP contribution in [0.3, 0.4) is 0 Å². The third-order valence-electron chi connectivity index (χ3n) is 3.07. The maximum absolute atomic E-state index is 12.5. The van der Waals surface area contributed by atoms with Gasteiger partial charge in [-0.25, -0.2) is 0 Å². The number of hydrogen-bond acceptors (Lipinski definition) is 6. The number of alkyl halides is 3. The summed E-state index contributed by atoms with van der Waals surface area (Å²) in [6.07, 6.45) is -2.15. The average Bonchev–Trinajstić information content (AvgIpc) is 3.16. The molecule has 3 rings (SSSR count). The molecule has 124 valence electrons. The SMILES string of the molecule is O=[N+]([O-])c1cnn(Cc2nc(-c3ccc(C(F)(F)F)cc3)no2)c1. The Labute approximate surface area is 131 Å². The van der Waals surface area contributed by atoms with Crippen molar-refractivity contribution in [2.24, 2.45) is 0 Å². The summed E-state index contributed by atoms with van der Waals surface area (Å²) in [7, 11) is 0. The number of rotatable bonds is 4. The molecule has 2 heterocycles. The quantitative estimate of drug-likeness (QED) is 0.535. The Hall–Kier alpha value is -3.24. The molecule has 0 aliphatic carbocycles. The molecule has 1 aromatic carbocycles. The molecule has 8 nitrogen and oxygen atoms in total. The van der Waals surface area contributed by atoms with Gasteiger partial charge >= 0.3 is 11.9 Å². The summed E-state index contributed by atoms with van der Waals surface area (Å²) < 4.78 is 43.8. The van der Waals surface area contributed by atoms with E-state index in [0.29, 0.717) is 5.56 Å². The Balaban J connectivity index is 1.76. The molecule has 0 saturated heterocycles. The summed E-state index contributed by atoms with van der Waals surface area (Å²) >= 11 is 0. The molecule has 0 saturated carbocycles. The number of aromatic nitrogens is 4. The van der Waals surface area contributed by atoms with Gasteiger partial charge in [0.05, 0.1) is 10.5 Å². The minimum absolute atomic E-state index is 0.00146. The van der Waals surface area contributed by atoms with Gasteiger partial charge in [0, 0.05) is 5.56 Å². The second-order valence-corrected chi connectivity index (χ2v) is 4.74. The molecule has 11 heteroatoms. The van der Waals surface area contributed by atoms with Gasteiger partial charge in [-0.3, -0.25) is 14.8 Å². The van der Waals surface area contributed by atoms with Crippen LogP contribution in [0.5, 0.6) is 0 Å². The van der Waals surface area contributed by atoms with E-state index in [4.69, 9.17) is 4.52 Å². The second-order valence-electron chi connectivity index (χ2n) is 4.74. The van der Waals surface area contributed by atoms with E-state index >= 15 is 0 Å². The van der Waals surface area contributed by atoms with E-state index in [0.717, 1.165) is 18.3 Å². The first-order valence-electron chi connectivity index (χ1n) is 6.50. The lowest BCUT2D eigenvalue weighted by Gasteiger charge is -2.05. The summed E-state index contributed by atoms with van der Waals surface area (Å²) in [5, 5.41) is 18.0. The summed E-state index contributed by atoms with van der Waals surface area (Å²) in [4.78, 5) is 14.0. The Kier molecular flexibility index (Phi) is 3.75. The van der Waals surface area contributed by atoms with Crippen molar-refractivity contribution in [1.82, 2.24) is 19.9 Å². The molecule has 0 aliphatic rings. The lowest BCUT2D eigenvalue weighted by Crippen LogP contribution is -2.04. The molecule has 0 amide bonds. The highest BCUT2D eigenvalue weighted by Gasteiger charge is 2.30. The van der Waals surface area contributed by atoms with Crippen molar-refractivity contribution in [1.29, 1.82) is 0 Å². The van der Waals surface area contributed by atoms with E-state index in [-0.39, 0.29) is 23.9 Å². The Morgan fingerprint density at radius 3 is 2.54 bits per heavy atom. The van der Waals surface area contributed by atoms with Gasteiger partial charge in [-0.2, -0.15) is 23.3 Å². The standard InChI is InChI=1S/C13H8F3N5O3/c14-13(15,16)9-3-1-8(2-4-9)12-18-11(24-19-12)7-20-6-10(5-17-20)21(22)23/h1-6H,7H2. The summed E-state index contributed by atoms with van der Waals surface area (Å²) in [6.45, 7) is 0.00146. The Morgan fingerprint density at radius 2 is 1.96 bits per heavy atom. The maximum atomic E-state index is 12.5. The Morgan fingerprint density at radius 1 is 1.25 bits per heavy atom. The molecule has 0 fully saturated rings. The van der Waals surface area contributed by atoms with Gasteiger partial charge in [0.1, 0.15) is 18.9 Å². The lowest BCUT2D eigenvalue weighted by atomic mass is 10.1. The van der Waals surface area contributed by atoms with Gasteiger partial charge in [-0.15, -0.1) is 0 Å². The third-order valence-corrected chi connectivity index (χ3v) is 3.07. The Bertz CT molecular complexity index is 870. The fourth-order valence-corrected chi connectivity index (χ4v) is 1.92. The first-order chi connectivity index (χ1) is 11.3. The number of nitrogens with zero attached hydrogens (tertiary/aromatic N) is 5. The van der Waals surface area contributed by atoms with Crippen molar-refractivity contribution in [3.63, 3.8) is 0 Å². The van der Waals surface area contributed by atoms with Crippen molar-refractivity contribution in [2.45, 2.75) is 12.7 Å². The molecular formula is C13H8F3N5O3. The van der Waals surface area contributed by atoms with Crippen molar-refractivity contribution < 1.29 is 22.6 Å². The first-order valence-corrected chi connectivity index (χ1v) is 6.50. The van der Waals surface area contributed by atoms with Crippen LogP contribution in [0.15, 0.2) is 41.2 Å². The normalized spacial score (nSPS) is 11.6. The summed E-state index contributed by atoms with van der Waals surface area (Å²) in [5.74, 6) is 0.225. The molecule has 0 aliphatic heterocycles. The van der Waals surface area contributed by atoms with Crippen molar-refractivity contribution in [2.75, 3.05) is 0 Å². The fraction of sp³-hybridized carbons (Fsp3) is 0.154. The first kappa shape index (κ1) is 15.6. The molecule has 0 radical (unpaired) electrons. The highest BCUT2D eigenvalue weighted by atomic mass is 19.4. The van der Waals surface area contributed by atoms with E-state index in [1.54, 1.807) is 0 Å². The minimum Gasteiger partial charge on any atom is -0.337 e. The smallest absolute Gasteiger partial charge is 0.337 e. The van der Waals surface area contributed by atoms with Gasteiger partial charge in [-0.1, -0.05) is 17.3 Å². The maximum Gasteiger partial charge on any atom is 0.416 e. The zero-order valence-electron chi connectivity index (χ0n) is 11.8. The van der Waals surface area contributed by atoms with E-state index in [1.807, 2.05) is 0 Å². The molecule has 0 bridgehead atoms. The van der Waals surface area contributed by atoms with Gasteiger partial charge in [0.25, 0.3) is 0 Å². The predicted octanol–water partition coefficient (Wildman–Crippen LogP) is 2.91. The molecule has 0 unspecified atom stereocenters. The van der Waals surface area contributed by atoms with Gasteiger partial charge in [-0.05, 0) is 12.1 Å². The summed E-state index contributed by atoms with van der Waals surface area (Å²) in [6, 6.07) is 4.30. The van der Waals surface area contributed by atoms with Gasteiger partial charge in [0.15, 0.2) is 0 Å². The van der Waals surface area contributed by atoms with Crippen LogP contribution >= 0.6 is 0 Å². The van der Waals surface area contributed by atoms with Crippen LogP contribution in [0.25, 0.3) is 11.4 Å². The average molecular weight is 339 g/mol. The zero-order chi connectivity index (χ0) is 17.3. The molecule has 3 aromatic rings. The number of hydrogen-bond donors (Lipinski definition) is 0. The van der Waals surface area contributed by atoms with Crippen LogP contribution in [0, 0.1) is 10.1 Å². The highest BCUT2D eigenvalue weighted by molar-refractivity contribution is 5.54. The van der Waals surface area contributed by atoms with E-state index in [1.165, 1.54) is 23.0 Å². The van der Waals surface area contributed by atoms with Crippen molar-refractivity contribution in [3.8, 4) is 11.4 Å². The second kappa shape index (κ2) is 5.76. The highest BCUT2D eigenvalue weighted by Crippen LogP contribution is 2.30. The number of nitro groups is 1. The van der Waals surface area contributed by atoms with E-state index in [9.17, 15) is 23.3 Å². The van der Waals surface area contributed by atoms with Crippen LogP contribution in [0.4, 0.5) is 18.9 Å². The van der Waals surface area contributed by atoms with Crippen molar-refractivity contribution in [3.05, 3.63) is 58.2 Å². The fourth-order valence-electron chi connectivity index (χ4n) is 1.92. The zero-order valence-corrected chi connectivity index (χ0v) is 11.8.